The molecule has 98 valence electrons. The summed E-state index contributed by atoms with van der Waals surface area (Å²) in [4.78, 5) is 10.5. The largest absolute Gasteiger partial charge is 0.389 e. The molecule has 9 heteroatoms. The van der Waals surface area contributed by atoms with E-state index in [-0.39, 0.29) is 14.9 Å². The highest BCUT2D eigenvalue weighted by atomic mass is 35.5. The second kappa shape index (κ2) is 5.61. The Morgan fingerprint density at radius 2 is 2.00 bits per heavy atom. The molecular formula is C9H10ClN3O3S2. The summed E-state index contributed by atoms with van der Waals surface area (Å²) in [6, 6.07) is 3.87. The number of hydrogen-bond donors (Lipinski definition) is 3. The number of sulfonamides is 1. The number of amides is 1. The molecule has 1 amide bonds. The molecular weight excluding hydrogens is 298 g/mol. The van der Waals surface area contributed by atoms with E-state index in [1.165, 1.54) is 18.2 Å². The van der Waals surface area contributed by atoms with Gasteiger partial charge in [-0.25, -0.2) is 13.1 Å². The quantitative estimate of drug-likeness (QED) is 0.648. The zero-order valence-electron chi connectivity index (χ0n) is 9.01. The van der Waals surface area contributed by atoms with Gasteiger partial charge >= 0.3 is 0 Å². The number of hydrogen-bond acceptors (Lipinski definition) is 4. The number of rotatable bonds is 5. The van der Waals surface area contributed by atoms with Gasteiger partial charge in [-0.2, -0.15) is 0 Å². The fourth-order valence-corrected chi connectivity index (χ4v) is 2.71. The van der Waals surface area contributed by atoms with E-state index in [1.54, 1.807) is 0 Å². The molecule has 1 rings (SSSR count). The number of thiocarbonyl (C=S) groups is 1. The molecule has 0 aliphatic rings. The summed E-state index contributed by atoms with van der Waals surface area (Å²) >= 11 is 10.6. The summed E-state index contributed by atoms with van der Waals surface area (Å²) in [5, 5.41) is 0.115. The van der Waals surface area contributed by atoms with Gasteiger partial charge in [0.15, 0.2) is 0 Å². The van der Waals surface area contributed by atoms with Crippen LogP contribution < -0.4 is 16.2 Å². The van der Waals surface area contributed by atoms with Gasteiger partial charge in [-0.05, 0) is 18.2 Å². The Balaban J connectivity index is 3.08. The van der Waals surface area contributed by atoms with Gasteiger partial charge in [0.1, 0.15) is 4.99 Å². The van der Waals surface area contributed by atoms with Crippen molar-refractivity contribution < 1.29 is 13.2 Å². The van der Waals surface area contributed by atoms with Crippen LogP contribution in [0.2, 0.25) is 5.02 Å². The predicted molar refractivity (Wildman–Crippen MR) is 71.7 cm³/mol. The van der Waals surface area contributed by atoms with Gasteiger partial charge in [0, 0.05) is 5.56 Å². The van der Waals surface area contributed by atoms with Crippen LogP contribution in [0.4, 0.5) is 0 Å². The molecule has 0 spiro atoms. The lowest BCUT2D eigenvalue weighted by Crippen LogP contribution is -2.33. The number of carbonyl (C=O) groups excluding carboxylic acids is 1. The van der Waals surface area contributed by atoms with Crippen LogP contribution in [0, 0.1) is 0 Å². The SMILES string of the molecule is NC(=O)CNS(=O)(=O)c1ccc(C(N)=S)c(Cl)c1. The molecule has 0 bridgehead atoms. The van der Waals surface area contributed by atoms with E-state index in [0.717, 1.165) is 0 Å². The van der Waals surface area contributed by atoms with Crippen LogP contribution in [0.1, 0.15) is 5.56 Å². The van der Waals surface area contributed by atoms with E-state index in [9.17, 15) is 13.2 Å². The molecule has 0 fully saturated rings. The zero-order chi connectivity index (χ0) is 13.9. The first-order chi connectivity index (χ1) is 8.24. The summed E-state index contributed by atoms with van der Waals surface area (Å²) < 4.78 is 25.5. The number of benzene rings is 1. The highest BCUT2D eigenvalue weighted by Gasteiger charge is 2.16. The maximum Gasteiger partial charge on any atom is 0.241 e. The average molecular weight is 308 g/mol. The highest BCUT2D eigenvalue weighted by Crippen LogP contribution is 2.20. The Labute approximate surface area is 114 Å². The topological polar surface area (TPSA) is 115 Å². The molecule has 0 aliphatic heterocycles. The monoisotopic (exact) mass is 307 g/mol. The first kappa shape index (κ1) is 14.8. The average Bonchev–Trinajstić information content (AvgIpc) is 2.26. The number of nitrogens with one attached hydrogen (secondary N) is 1. The lowest BCUT2D eigenvalue weighted by molar-refractivity contribution is -0.116. The van der Waals surface area contributed by atoms with E-state index in [1.807, 2.05) is 4.72 Å². The van der Waals surface area contributed by atoms with Crippen molar-refractivity contribution in [2.75, 3.05) is 6.54 Å². The molecule has 0 unspecified atom stereocenters. The van der Waals surface area contributed by atoms with Gasteiger partial charge in [-0.3, -0.25) is 4.79 Å². The van der Waals surface area contributed by atoms with Crippen LogP contribution in [0.15, 0.2) is 23.1 Å². The van der Waals surface area contributed by atoms with Gasteiger partial charge in [0.25, 0.3) is 0 Å². The van der Waals surface area contributed by atoms with Crippen LogP contribution in [0.25, 0.3) is 0 Å². The van der Waals surface area contributed by atoms with Crippen molar-refractivity contribution in [2.24, 2.45) is 11.5 Å². The van der Waals surface area contributed by atoms with Crippen LogP contribution in [0.5, 0.6) is 0 Å². The number of carbonyl (C=O) groups is 1. The third-order valence-corrected chi connectivity index (χ3v) is 3.88. The molecule has 0 atom stereocenters. The summed E-state index contributed by atoms with van der Waals surface area (Å²) in [6.07, 6.45) is 0. The molecule has 1 aromatic carbocycles. The number of primary amides is 1. The maximum atomic E-state index is 11.7. The van der Waals surface area contributed by atoms with Crippen molar-refractivity contribution >= 4 is 44.7 Å². The second-order valence-electron chi connectivity index (χ2n) is 3.30. The standard InChI is InChI=1S/C9H10ClN3O3S2/c10-7-3-5(1-2-6(7)9(12)17)18(15,16)13-4-8(11)14/h1-3,13H,4H2,(H2,11,14)(H2,12,17). The Hall–Kier alpha value is -1.22. The van der Waals surface area contributed by atoms with Gasteiger partial charge in [-0.15, -0.1) is 0 Å². The lowest BCUT2D eigenvalue weighted by Gasteiger charge is -2.07. The third-order valence-electron chi connectivity index (χ3n) is 1.95. The highest BCUT2D eigenvalue weighted by molar-refractivity contribution is 7.89. The van der Waals surface area contributed by atoms with Crippen molar-refractivity contribution in [1.82, 2.24) is 4.72 Å². The molecule has 0 saturated heterocycles. The Morgan fingerprint density at radius 3 is 2.44 bits per heavy atom. The molecule has 0 aromatic heterocycles. The number of halogens is 1. The molecule has 1 aromatic rings. The minimum absolute atomic E-state index is 0.0639. The Morgan fingerprint density at radius 1 is 1.39 bits per heavy atom. The zero-order valence-corrected chi connectivity index (χ0v) is 11.4. The fourth-order valence-electron chi connectivity index (χ4n) is 1.11. The molecule has 0 aliphatic carbocycles. The summed E-state index contributed by atoms with van der Waals surface area (Å²) in [6.45, 7) is -0.489. The van der Waals surface area contributed by atoms with Crippen molar-refractivity contribution in [3.63, 3.8) is 0 Å². The number of nitrogens with two attached hydrogens (primary N) is 2. The molecule has 0 heterocycles. The summed E-state index contributed by atoms with van der Waals surface area (Å²) in [7, 11) is -3.84. The molecule has 5 N–H and O–H groups in total. The minimum Gasteiger partial charge on any atom is -0.389 e. The van der Waals surface area contributed by atoms with Crippen molar-refractivity contribution in [3.05, 3.63) is 28.8 Å². The third kappa shape index (κ3) is 3.64. The van der Waals surface area contributed by atoms with E-state index in [4.69, 9.17) is 35.3 Å². The van der Waals surface area contributed by atoms with Gasteiger partial charge < -0.3 is 11.5 Å². The van der Waals surface area contributed by atoms with E-state index >= 15 is 0 Å². The smallest absolute Gasteiger partial charge is 0.241 e. The van der Waals surface area contributed by atoms with Crippen LogP contribution in [-0.2, 0) is 14.8 Å². The van der Waals surface area contributed by atoms with E-state index in [0.29, 0.717) is 5.56 Å². The van der Waals surface area contributed by atoms with Crippen LogP contribution >= 0.6 is 23.8 Å². The summed E-state index contributed by atoms with van der Waals surface area (Å²) in [5.41, 5.74) is 10.6. The fraction of sp³-hybridized carbons (Fsp3) is 0.111. The van der Waals surface area contributed by atoms with E-state index < -0.39 is 22.5 Å². The van der Waals surface area contributed by atoms with Gasteiger partial charge in [0.05, 0.1) is 16.5 Å². The van der Waals surface area contributed by atoms with Crippen molar-refractivity contribution in [1.29, 1.82) is 0 Å². The molecule has 6 nitrogen and oxygen atoms in total. The second-order valence-corrected chi connectivity index (χ2v) is 5.91. The normalized spacial score (nSPS) is 11.2. The van der Waals surface area contributed by atoms with Crippen molar-refractivity contribution in [3.8, 4) is 0 Å². The predicted octanol–water partition coefficient (Wildman–Crippen LogP) is -0.262. The first-order valence-electron chi connectivity index (χ1n) is 4.61. The van der Waals surface area contributed by atoms with E-state index in [2.05, 4.69) is 0 Å². The van der Waals surface area contributed by atoms with Gasteiger partial charge in [-0.1, -0.05) is 23.8 Å². The van der Waals surface area contributed by atoms with Gasteiger partial charge in [0.2, 0.25) is 15.9 Å². The van der Waals surface area contributed by atoms with Crippen molar-refractivity contribution in [2.45, 2.75) is 4.90 Å². The molecule has 0 radical (unpaired) electrons. The van der Waals surface area contributed by atoms with Crippen LogP contribution in [0.3, 0.4) is 0 Å². The first-order valence-corrected chi connectivity index (χ1v) is 6.88. The maximum absolute atomic E-state index is 11.7. The Bertz CT molecular complexity index is 601. The Kier molecular flexibility index (Phi) is 4.63. The molecule has 0 saturated carbocycles. The summed E-state index contributed by atoms with van der Waals surface area (Å²) in [5.74, 6) is -0.788. The minimum atomic E-state index is -3.84. The van der Waals surface area contributed by atoms with Crippen LogP contribution in [-0.4, -0.2) is 25.9 Å². The molecule has 18 heavy (non-hydrogen) atoms. The lowest BCUT2D eigenvalue weighted by atomic mass is 10.2.